The number of halogens is 2. The van der Waals surface area contributed by atoms with Crippen molar-refractivity contribution in [1.29, 1.82) is 0 Å². The van der Waals surface area contributed by atoms with Crippen LogP contribution in [-0.4, -0.2) is 26.3 Å². The van der Waals surface area contributed by atoms with Crippen molar-refractivity contribution >= 4 is 27.6 Å². The highest BCUT2D eigenvalue weighted by Gasteiger charge is 2.15. The van der Waals surface area contributed by atoms with E-state index in [0.29, 0.717) is 30.9 Å². The third-order valence-electron chi connectivity index (χ3n) is 4.11. The zero-order valence-corrected chi connectivity index (χ0v) is 18.4. The lowest BCUT2D eigenvalue weighted by atomic mass is 10.1. The molecule has 2 rings (SSSR count). The summed E-state index contributed by atoms with van der Waals surface area (Å²) in [4.78, 5) is 11.5. The molecular weight excluding hydrogens is 457 g/mol. The Morgan fingerprint density at radius 1 is 1.20 bits per heavy atom. The van der Waals surface area contributed by atoms with Crippen LogP contribution < -0.4 is 26.1 Å². The molecule has 9 heteroatoms. The molecule has 0 aliphatic carbocycles. The predicted molar refractivity (Wildman–Crippen MR) is 117 cm³/mol. The molecule has 0 bridgehead atoms. The van der Waals surface area contributed by atoms with Gasteiger partial charge in [0.25, 0.3) is 0 Å². The number of hydrogen-bond acceptors (Lipinski definition) is 7. The lowest BCUT2D eigenvalue weighted by Gasteiger charge is -2.21. The maximum Gasteiger partial charge on any atom is 0.306 e. The smallest absolute Gasteiger partial charge is 0.306 e. The van der Waals surface area contributed by atoms with Crippen LogP contribution in [0, 0.1) is 5.82 Å². The largest absolute Gasteiger partial charge is 0.497 e. The van der Waals surface area contributed by atoms with Crippen LogP contribution in [0.1, 0.15) is 18.9 Å². The molecule has 0 amide bonds. The van der Waals surface area contributed by atoms with E-state index in [2.05, 4.69) is 15.9 Å². The van der Waals surface area contributed by atoms with Crippen LogP contribution >= 0.6 is 15.9 Å². The van der Waals surface area contributed by atoms with Crippen LogP contribution in [0.25, 0.3) is 0 Å². The first-order chi connectivity index (χ1) is 14.3. The Morgan fingerprint density at radius 2 is 1.97 bits per heavy atom. The topological polar surface area (TPSA) is 100 Å². The Morgan fingerprint density at radius 3 is 2.67 bits per heavy atom. The molecule has 30 heavy (non-hydrogen) atoms. The highest BCUT2D eigenvalue weighted by molar-refractivity contribution is 9.11. The van der Waals surface area contributed by atoms with Gasteiger partial charge in [0.1, 0.15) is 28.5 Å². The van der Waals surface area contributed by atoms with E-state index < -0.39 is 5.82 Å². The Kier molecular flexibility index (Phi) is 8.94. The third kappa shape index (κ3) is 6.64. The number of anilines is 1. The quantitative estimate of drug-likeness (QED) is 0.231. The predicted octanol–water partition coefficient (Wildman–Crippen LogP) is 3.61. The van der Waals surface area contributed by atoms with E-state index in [1.165, 1.54) is 25.3 Å². The Bertz CT molecular complexity index is 908. The zero-order chi connectivity index (χ0) is 22.1. The fourth-order valence-electron chi connectivity index (χ4n) is 2.56. The molecule has 2 aromatic carbocycles. The SMILES string of the molecule is CCOC(=O)CCc1cccc(OC/C(N)=C(\Br)N(N)c2cc(OC)ccc2F)c1. The summed E-state index contributed by atoms with van der Waals surface area (Å²) in [5, 5.41) is 1.08. The number of carbonyl (C=O) groups is 1. The number of benzene rings is 2. The van der Waals surface area contributed by atoms with Crippen molar-refractivity contribution in [2.75, 3.05) is 25.3 Å². The summed E-state index contributed by atoms with van der Waals surface area (Å²) in [6.45, 7) is 2.15. The van der Waals surface area contributed by atoms with Crippen molar-refractivity contribution in [3.8, 4) is 11.5 Å². The molecule has 0 aliphatic rings. The maximum atomic E-state index is 14.1. The van der Waals surface area contributed by atoms with Crippen LogP contribution in [0.15, 0.2) is 52.8 Å². The third-order valence-corrected chi connectivity index (χ3v) is 5.00. The van der Waals surface area contributed by atoms with Gasteiger partial charge in [-0.15, -0.1) is 0 Å². The van der Waals surface area contributed by atoms with E-state index in [1.807, 2.05) is 18.2 Å². The van der Waals surface area contributed by atoms with Gasteiger partial charge in [0.15, 0.2) is 0 Å². The van der Waals surface area contributed by atoms with Gasteiger partial charge in [-0.25, -0.2) is 10.2 Å². The van der Waals surface area contributed by atoms with E-state index in [9.17, 15) is 9.18 Å². The first-order valence-electron chi connectivity index (χ1n) is 9.25. The molecule has 0 aromatic heterocycles. The molecule has 4 N–H and O–H groups in total. The number of hydrazine groups is 1. The first-order valence-corrected chi connectivity index (χ1v) is 10.0. The first kappa shape index (κ1) is 23.5. The Balaban J connectivity index is 2.03. The van der Waals surface area contributed by atoms with Gasteiger partial charge in [0, 0.05) is 12.5 Å². The minimum atomic E-state index is -0.529. The van der Waals surface area contributed by atoms with Gasteiger partial charge >= 0.3 is 5.97 Å². The fourth-order valence-corrected chi connectivity index (χ4v) is 2.86. The van der Waals surface area contributed by atoms with Crippen LogP contribution in [-0.2, 0) is 16.0 Å². The number of nitrogens with two attached hydrogens (primary N) is 2. The van der Waals surface area contributed by atoms with Crippen molar-refractivity contribution in [2.24, 2.45) is 11.6 Å². The molecule has 162 valence electrons. The molecule has 7 nitrogen and oxygen atoms in total. The summed E-state index contributed by atoms with van der Waals surface area (Å²) in [5.41, 5.74) is 7.35. The minimum absolute atomic E-state index is 0.0151. The van der Waals surface area contributed by atoms with E-state index in [1.54, 1.807) is 13.0 Å². The molecule has 0 spiro atoms. The Hall–Kier alpha value is -2.78. The van der Waals surface area contributed by atoms with Crippen LogP contribution in [0.3, 0.4) is 0 Å². The van der Waals surface area contributed by atoms with E-state index in [0.717, 1.165) is 10.6 Å². The molecule has 0 unspecified atom stereocenters. The summed E-state index contributed by atoms with van der Waals surface area (Å²) >= 11 is 3.29. The number of ether oxygens (including phenoxy) is 3. The fraction of sp³-hybridized carbons (Fsp3) is 0.286. The summed E-state index contributed by atoms with van der Waals surface area (Å²) in [6, 6.07) is 11.5. The number of hydrogen-bond donors (Lipinski definition) is 2. The maximum absolute atomic E-state index is 14.1. The van der Waals surface area contributed by atoms with E-state index in [4.69, 9.17) is 25.8 Å². The summed E-state index contributed by atoms with van der Waals surface area (Å²) < 4.78 is 30.1. The summed E-state index contributed by atoms with van der Waals surface area (Å²) in [6.07, 6.45) is 0.829. The number of esters is 1. The van der Waals surface area contributed by atoms with Gasteiger partial charge in [-0.3, -0.25) is 9.80 Å². The Labute approximate surface area is 183 Å². The van der Waals surface area contributed by atoms with Crippen molar-refractivity contribution in [3.05, 3.63) is 64.1 Å². The van der Waals surface area contributed by atoms with Crippen molar-refractivity contribution < 1.29 is 23.4 Å². The minimum Gasteiger partial charge on any atom is -0.497 e. The normalized spacial score (nSPS) is 11.5. The van der Waals surface area contributed by atoms with E-state index in [-0.39, 0.29) is 28.6 Å². The summed E-state index contributed by atoms with van der Waals surface area (Å²) in [5.74, 6) is 6.27. The average Bonchev–Trinajstić information content (AvgIpc) is 2.76. The monoisotopic (exact) mass is 481 g/mol. The molecule has 2 aromatic rings. The highest BCUT2D eigenvalue weighted by Crippen LogP contribution is 2.28. The molecule has 0 radical (unpaired) electrons. The van der Waals surface area contributed by atoms with Crippen LogP contribution in [0.2, 0.25) is 0 Å². The van der Waals surface area contributed by atoms with Crippen molar-refractivity contribution in [2.45, 2.75) is 19.8 Å². The summed E-state index contributed by atoms with van der Waals surface area (Å²) in [7, 11) is 1.48. The van der Waals surface area contributed by atoms with Gasteiger partial charge in [0.05, 0.1) is 25.1 Å². The molecule has 0 aliphatic heterocycles. The van der Waals surface area contributed by atoms with Crippen LogP contribution in [0.5, 0.6) is 11.5 Å². The van der Waals surface area contributed by atoms with Gasteiger partial charge in [-0.1, -0.05) is 12.1 Å². The standard InChI is InChI=1S/C21H25BrFN3O4/c1-3-29-20(27)10-7-14-5-4-6-16(11-14)30-13-18(24)21(22)26(25)19-12-15(28-2)8-9-17(19)23/h4-6,8-9,11-12H,3,7,10,13,24-25H2,1-2H3/b21-18-. The second kappa shape index (κ2) is 11.4. The van der Waals surface area contributed by atoms with Gasteiger partial charge in [0.2, 0.25) is 0 Å². The van der Waals surface area contributed by atoms with Gasteiger partial charge < -0.3 is 19.9 Å². The molecule has 0 saturated heterocycles. The van der Waals surface area contributed by atoms with Crippen LogP contribution in [0.4, 0.5) is 10.1 Å². The number of aryl methyl sites for hydroxylation is 1. The number of carbonyl (C=O) groups excluding carboxylic acids is 1. The number of methoxy groups -OCH3 is 1. The molecular formula is C21H25BrFN3O4. The number of rotatable bonds is 10. The van der Waals surface area contributed by atoms with Crippen molar-refractivity contribution in [3.63, 3.8) is 0 Å². The van der Waals surface area contributed by atoms with E-state index >= 15 is 0 Å². The lowest BCUT2D eigenvalue weighted by Crippen LogP contribution is -2.31. The highest BCUT2D eigenvalue weighted by atomic mass is 79.9. The second-order valence-corrected chi connectivity index (χ2v) is 7.00. The molecule has 0 heterocycles. The molecule has 0 atom stereocenters. The average molecular weight is 482 g/mol. The molecule has 0 saturated carbocycles. The van der Waals surface area contributed by atoms with Gasteiger partial charge in [-0.2, -0.15) is 0 Å². The van der Waals surface area contributed by atoms with Gasteiger partial charge in [-0.05, 0) is 59.1 Å². The second-order valence-electron chi connectivity index (χ2n) is 6.24. The number of nitrogens with zero attached hydrogens (tertiary/aromatic N) is 1. The molecule has 0 fully saturated rings. The van der Waals surface area contributed by atoms with Crippen molar-refractivity contribution in [1.82, 2.24) is 0 Å². The lowest BCUT2D eigenvalue weighted by molar-refractivity contribution is -0.143. The zero-order valence-electron chi connectivity index (χ0n) is 16.9.